The molecule has 5 heteroatoms. The van der Waals surface area contributed by atoms with Crippen molar-refractivity contribution in [3.8, 4) is 0 Å². The smallest absolute Gasteiger partial charge is 0.289 e. The maximum atomic E-state index is 12.4. The Labute approximate surface area is 115 Å². The molecule has 0 aromatic carbocycles. The van der Waals surface area contributed by atoms with Gasteiger partial charge >= 0.3 is 0 Å². The monoisotopic (exact) mass is 264 g/mol. The first kappa shape index (κ1) is 14.1. The molecule has 1 aliphatic heterocycles. The fourth-order valence-electron chi connectivity index (χ4n) is 2.53. The predicted molar refractivity (Wildman–Crippen MR) is 75.0 cm³/mol. The standard InChI is InChI=1S/C14H24N4O/c1-11(2)16-9-12-5-4-7-18(10-12)14(19)13-15-6-8-17(13)3/h6,8,11-12,16H,4-5,7,9-10H2,1-3H3. The number of nitrogens with one attached hydrogen (secondary N) is 1. The normalized spacial score (nSPS) is 20.0. The molecule has 5 nitrogen and oxygen atoms in total. The van der Waals surface area contributed by atoms with Crippen LogP contribution in [0.3, 0.4) is 0 Å². The van der Waals surface area contributed by atoms with E-state index in [-0.39, 0.29) is 5.91 Å². The van der Waals surface area contributed by atoms with Crippen LogP contribution < -0.4 is 5.32 Å². The summed E-state index contributed by atoms with van der Waals surface area (Å²) in [5.41, 5.74) is 0. The summed E-state index contributed by atoms with van der Waals surface area (Å²) in [6.45, 7) is 6.98. The van der Waals surface area contributed by atoms with E-state index in [4.69, 9.17) is 0 Å². The molecule has 1 atom stereocenters. The summed E-state index contributed by atoms with van der Waals surface area (Å²) in [6.07, 6.45) is 5.77. The number of aryl methyl sites for hydroxylation is 1. The van der Waals surface area contributed by atoms with Gasteiger partial charge in [0.2, 0.25) is 0 Å². The lowest BCUT2D eigenvalue weighted by Crippen LogP contribution is -2.44. The first-order valence-corrected chi connectivity index (χ1v) is 7.08. The Morgan fingerprint density at radius 3 is 3.00 bits per heavy atom. The van der Waals surface area contributed by atoms with Crippen molar-refractivity contribution >= 4 is 5.91 Å². The molecule has 1 aliphatic rings. The zero-order valence-electron chi connectivity index (χ0n) is 12.1. The molecular weight excluding hydrogens is 240 g/mol. The molecule has 106 valence electrons. The summed E-state index contributed by atoms with van der Waals surface area (Å²) in [5.74, 6) is 1.15. The summed E-state index contributed by atoms with van der Waals surface area (Å²) >= 11 is 0. The van der Waals surface area contributed by atoms with Crippen molar-refractivity contribution in [1.29, 1.82) is 0 Å². The first-order valence-electron chi connectivity index (χ1n) is 7.08. The van der Waals surface area contributed by atoms with E-state index in [0.29, 0.717) is 17.8 Å². The maximum absolute atomic E-state index is 12.4. The Balaban J connectivity index is 1.94. The summed E-state index contributed by atoms with van der Waals surface area (Å²) in [6, 6.07) is 0.501. The van der Waals surface area contributed by atoms with Crippen LogP contribution in [0.1, 0.15) is 37.3 Å². The number of aromatic nitrogens is 2. The third-order valence-corrected chi connectivity index (χ3v) is 3.63. The SMILES string of the molecule is CC(C)NCC1CCCN(C(=O)c2nccn2C)C1. The number of rotatable bonds is 4. The van der Waals surface area contributed by atoms with E-state index in [9.17, 15) is 4.79 Å². The van der Waals surface area contributed by atoms with E-state index in [1.807, 2.05) is 18.1 Å². The van der Waals surface area contributed by atoms with Crippen LogP contribution >= 0.6 is 0 Å². The molecule has 0 bridgehead atoms. The highest BCUT2D eigenvalue weighted by Gasteiger charge is 2.26. The number of carbonyl (C=O) groups is 1. The van der Waals surface area contributed by atoms with Gasteiger partial charge in [0.25, 0.3) is 5.91 Å². The quantitative estimate of drug-likeness (QED) is 0.891. The first-order chi connectivity index (χ1) is 9.08. The van der Waals surface area contributed by atoms with E-state index >= 15 is 0 Å². The minimum absolute atomic E-state index is 0.0572. The number of hydrogen-bond acceptors (Lipinski definition) is 3. The Morgan fingerprint density at radius 2 is 2.37 bits per heavy atom. The van der Waals surface area contributed by atoms with Gasteiger partial charge in [0, 0.05) is 38.6 Å². The van der Waals surface area contributed by atoms with Crippen molar-refractivity contribution in [1.82, 2.24) is 19.8 Å². The number of hydrogen-bond donors (Lipinski definition) is 1. The highest BCUT2D eigenvalue weighted by molar-refractivity contribution is 5.90. The average Bonchev–Trinajstić information content (AvgIpc) is 2.82. The van der Waals surface area contributed by atoms with Crippen molar-refractivity contribution in [3.63, 3.8) is 0 Å². The number of nitrogens with zero attached hydrogens (tertiary/aromatic N) is 3. The van der Waals surface area contributed by atoms with Crippen LogP contribution in [0.15, 0.2) is 12.4 Å². The minimum Gasteiger partial charge on any atom is -0.336 e. The van der Waals surface area contributed by atoms with Crippen LogP contribution in [0.25, 0.3) is 0 Å². The molecule has 1 saturated heterocycles. The predicted octanol–water partition coefficient (Wildman–Crippen LogP) is 1.27. The number of likely N-dealkylation sites (tertiary alicyclic amines) is 1. The minimum atomic E-state index is 0.0572. The van der Waals surface area contributed by atoms with Gasteiger partial charge in [-0.15, -0.1) is 0 Å². The molecule has 0 saturated carbocycles. The molecule has 19 heavy (non-hydrogen) atoms. The van der Waals surface area contributed by atoms with Crippen molar-refractivity contribution in [3.05, 3.63) is 18.2 Å². The lowest BCUT2D eigenvalue weighted by atomic mass is 9.97. The van der Waals surface area contributed by atoms with E-state index < -0.39 is 0 Å². The second-order valence-electron chi connectivity index (χ2n) is 5.68. The fourth-order valence-corrected chi connectivity index (χ4v) is 2.53. The fraction of sp³-hybridized carbons (Fsp3) is 0.714. The van der Waals surface area contributed by atoms with Gasteiger partial charge in [-0.2, -0.15) is 0 Å². The molecule has 1 amide bonds. The van der Waals surface area contributed by atoms with Crippen LogP contribution in [0.2, 0.25) is 0 Å². The highest BCUT2D eigenvalue weighted by Crippen LogP contribution is 2.17. The van der Waals surface area contributed by atoms with E-state index in [1.165, 1.54) is 6.42 Å². The molecule has 1 fully saturated rings. The topological polar surface area (TPSA) is 50.2 Å². The highest BCUT2D eigenvalue weighted by atomic mass is 16.2. The van der Waals surface area contributed by atoms with Gasteiger partial charge in [-0.25, -0.2) is 4.98 Å². The summed E-state index contributed by atoms with van der Waals surface area (Å²) in [4.78, 5) is 18.5. The second kappa shape index (κ2) is 6.19. The van der Waals surface area contributed by atoms with Crippen LogP contribution in [0, 0.1) is 5.92 Å². The maximum Gasteiger partial charge on any atom is 0.289 e. The van der Waals surface area contributed by atoms with E-state index in [0.717, 1.165) is 26.1 Å². The van der Waals surface area contributed by atoms with Gasteiger partial charge < -0.3 is 14.8 Å². The molecule has 0 radical (unpaired) electrons. The lowest BCUT2D eigenvalue weighted by molar-refractivity contribution is 0.0656. The third-order valence-electron chi connectivity index (χ3n) is 3.63. The Bertz CT molecular complexity index is 427. The second-order valence-corrected chi connectivity index (χ2v) is 5.68. The molecule has 2 rings (SSSR count). The molecule has 0 spiro atoms. The molecular formula is C14H24N4O. The molecule has 2 heterocycles. The van der Waals surface area contributed by atoms with Crippen LogP contribution in [0.5, 0.6) is 0 Å². The van der Waals surface area contributed by atoms with Crippen molar-refractivity contribution in [2.24, 2.45) is 13.0 Å². The van der Waals surface area contributed by atoms with Gasteiger partial charge in [0.1, 0.15) is 0 Å². The molecule has 0 aliphatic carbocycles. The number of amides is 1. The van der Waals surface area contributed by atoms with E-state index in [2.05, 4.69) is 24.1 Å². The molecule has 1 aromatic heterocycles. The van der Waals surface area contributed by atoms with Crippen LogP contribution in [0.4, 0.5) is 0 Å². The molecule has 1 aromatic rings. The zero-order chi connectivity index (χ0) is 13.8. The summed E-state index contributed by atoms with van der Waals surface area (Å²) in [5, 5.41) is 3.46. The third kappa shape index (κ3) is 3.56. The Kier molecular flexibility index (Phi) is 4.58. The zero-order valence-corrected chi connectivity index (χ0v) is 12.1. The van der Waals surface area contributed by atoms with Crippen LogP contribution in [-0.4, -0.2) is 46.0 Å². The number of carbonyl (C=O) groups excluding carboxylic acids is 1. The van der Waals surface area contributed by atoms with Crippen molar-refractivity contribution in [2.45, 2.75) is 32.7 Å². The van der Waals surface area contributed by atoms with Gasteiger partial charge in [-0.1, -0.05) is 13.8 Å². The van der Waals surface area contributed by atoms with Crippen LogP contribution in [-0.2, 0) is 7.05 Å². The Hall–Kier alpha value is -1.36. The lowest BCUT2D eigenvalue weighted by Gasteiger charge is -2.33. The Morgan fingerprint density at radius 1 is 1.58 bits per heavy atom. The average molecular weight is 264 g/mol. The van der Waals surface area contributed by atoms with Gasteiger partial charge in [-0.3, -0.25) is 4.79 Å². The molecule has 1 unspecified atom stereocenters. The number of imidazole rings is 1. The van der Waals surface area contributed by atoms with Crippen molar-refractivity contribution in [2.75, 3.05) is 19.6 Å². The van der Waals surface area contributed by atoms with Gasteiger partial charge in [0.15, 0.2) is 5.82 Å². The summed E-state index contributed by atoms with van der Waals surface area (Å²) in [7, 11) is 1.86. The largest absolute Gasteiger partial charge is 0.336 e. The summed E-state index contributed by atoms with van der Waals surface area (Å²) < 4.78 is 1.79. The molecule has 1 N–H and O–H groups in total. The van der Waals surface area contributed by atoms with Gasteiger partial charge in [-0.05, 0) is 25.3 Å². The van der Waals surface area contributed by atoms with E-state index in [1.54, 1.807) is 10.8 Å². The van der Waals surface area contributed by atoms with Crippen molar-refractivity contribution < 1.29 is 4.79 Å². The number of piperidine rings is 1. The van der Waals surface area contributed by atoms with Gasteiger partial charge in [0.05, 0.1) is 0 Å².